The van der Waals surface area contributed by atoms with Gasteiger partial charge in [-0.15, -0.1) is 0 Å². The molecule has 1 atom stereocenters. The fourth-order valence-electron chi connectivity index (χ4n) is 5.13. The van der Waals surface area contributed by atoms with Crippen LogP contribution in [0.2, 0.25) is 0 Å². The van der Waals surface area contributed by atoms with Gasteiger partial charge in [-0.1, -0.05) is 12.1 Å². The number of benzene rings is 2. The molecule has 5 rings (SSSR count). The Bertz CT molecular complexity index is 1310. The Morgan fingerprint density at radius 3 is 2.65 bits per heavy atom. The Morgan fingerprint density at radius 2 is 1.95 bits per heavy atom. The van der Waals surface area contributed by atoms with Gasteiger partial charge in [0.15, 0.2) is 0 Å². The topological polar surface area (TPSA) is 59.8 Å². The molecule has 0 spiro atoms. The highest BCUT2D eigenvalue weighted by atomic mass is 19.1. The first-order valence-corrected chi connectivity index (χ1v) is 12.8. The van der Waals surface area contributed by atoms with Crippen LogP contribution in [0.4, 0.5) is 10.1 Å². The molecule has 2 saturated heterocycles. The van der Waals surface area contributed by atoms with E-state index in [0.717, 1.165) is 47.7 Å². The molecule has 2 aliphatic rings. The minimum Gasteiger partial charge on any atom is -0.495 e. The van der Waals surface area contributed by atoms with Crippen molar-refractivity contribution in [2.75, 3.05) is 44.9 Å². The molecule has 0 saturated carbocycles. The maximum atomic E-state index is 15.2. The van der Waals surface area contributed by atoms with E-state index in [2.05, 4.69) is 9.88 Å². The molecule has 2 aliphatic heterocycles. The zero-order valence-electron chi connectivity index (χ0n) is 21.6. The number of aryl methyl sites for hydroxylation is 1. The first-order chi connectivity index (χ1) is 17.9. The molecule has 0 bridgehead atoms. The zero-order valence-corrected chi connectivity index (χ0v) is 21.6. The minimum atomic E-state index is -0.365. The Morgan fingerprint density at radius 1 is 1.14 bits per heavy atom. The average molecular weight is 505 g/mol. The number of carbonyl (C=O) groups is 1. The van der Waals surface area contributed by atoms with Crippen LogP contribution in [0.3, 0.4) is 0 Å². The van der Waals surface area contributed by atoms with Crippen LogP contribution in [0.5, 0.6) is 5.75 Å². The number of rotatable bonds is 6. The quantitative estimate of drug-likeness (QED) is 0.446. The predicted octanol–water partition coefficient (Wildman–Crippen LogP) is 4.93. The highest BCUT2D eigenvalue weighted by Gasteiger charge is 2.29. The summed E-state index contributed by atoms with van der Waals surface area (Å²) < 4.78 is 28.2. The molecule has 3 heterocycles. The third-order valence-electron chi connectivity index (χ3n) is 7.19. The van der Waals surface area contributed by atoms with Gasteiger partial charge in [0.05, 0.1) is 44.1 Å². The second-order valence-electron chi connectivity index (χ2n) is 9.61. The van der Waals surface area contributed by atoms with Crippen molar-refractivity contribution < 1.29 is 18.7 Å². The van der Waals surface area contributed by atoms with Crippen LogP contribution in [0, 0.1) is 12.7 Å². The summed E-state index contributed by atoms with van der Waals surface area (Å²) in [6.07, 6.45) is 7.13. The molecule has 0 aliphatic carbocycles. The summed E-state index contributed by atoms with van der Waals surface area (Å²) in [5.41, 5.74) is 4.79. The average Bonchev–Trinajstić information content (AvgIpc) is 3.35. The van der Waals surface area contributed by atoms with Crippen LogP contribution in [-0.4, -0.2) is 60.3 Å². The van der Waals surface area contributed by atoms with E-state index in [-0.39, 0.29) is 17.8 Å². The van der Waals surface area contributed by atoms with Gasteiger partial charge in [0, 0.05) is 42.7 Å². The number of carbonyl (C=O) groups excluding carboxylic acids is 1. The van der Waals surface area contributed by atoms with Crippen molar-refractivity contribution in [3.05, 3.63) is 77.1 Å². The smallest absolute Gasteiger partial charge is 0.250 e. The molecule has 194 valence electrons. The van der Waals surface area contributed by atoms with Gasteiger partial charge in [-0.2, -0.15) is 0 Å². The van der Waals surface area contributed by atoms with Gasteiger partial charge in [-0.05, 0) is 62.6 Å². The second kappa shape index (κ2) is 10.8. The number of morpholine rings is 1. The molecule has 1 aromatic heterocycles. The highest BCUT2D eigenvalue weighted by Crippen LogP contribution is 2.32. The van der Waals surface area contributed by atoms with Gasteiger partial charge in [0.1, 0.15) is 11.6 Å². The van der Waals surface area contributed by atoms with Crippen molar-refractivity contribution in [1.82, 2.24) is 14.5 Å². The fraction of sp³-hybridized carbons (Fsp3) is 0.379. The predicted molar refractivity (Wildman–Crippen MR) is 142 cm³/mol. The summed E-state index contributed by atoms with van der Waals surface area (Å²) in [5, 5.41) is 0. The minimum absolute atomic E-state index is 0.0521. The van der Waals surface area contributed by atoms with E-state index in [9.17, 15) is 4.79 Å². The molecule has 8 heteroatoms. The van der Waals surface area contributed by atoms with Crippen molar-refractivity contribution in [1.29, 1.82) is 0 Å². The summed E-state index contributed by atoms with van der Waals surface area (Å²) in [7, 11) is 1.63. The summed E-state index contributed by atoms with van der Waals surface area (Å²) >= 11 is 0. The maximum absolute atomic E-state index is 15.2. The number of methoxy groups -OCH3 is 1. The summed E-state index contributed by atoms with van der Waals surface area (Å²) in [4.78, 5) is 21.7. The van der Waals surface area contributed by atoms with Crippen LogP contribution >= 0.6 is 0 Å². The van der Waals surface area contributed by atoms with E-state index >= 15 is 4.39 Å². The molecule has 2 fully saturated rings. The van der Waals surface area contributed by atoms with Crippen LogP contribution < -0.4 is 9.64 Å². The van der Waals surface area contributed by atoms with Crippen molar-refractivity contribution in [2.45, 2.75) is 32.7 Å². The lowest BCUT2D eigenvalue weighted by Crippen LogP contribution is -2.39. The van der Waals surface area contributed by atoms with Crippen LogP contribution in [0.25, 0.3) is 11.8 Å². The second-order valence-corrected chi connectivity index (χ2v) is 9.61. The Balaban J connectivity index is 1.35. The number of amides is 1. The number of hydrogen-bond donors (Lipinski definition) is 0. The molecule has 0 N–H and O–H groups in total. The third kappa shape index (κ3) is 5.25. The Labute approximate surface area is 217 Å². The van der Waals surface area contributed by atoms with Gasteiger partial charge in [0.25, 0.3) is 0 Å². The number of imidazole rings is 1. The van der Waals surface area contributed by atoms with Gasteiger partial charge in [0.2, 0.25) is 5.91 Å². The van der Waals surface area contributed by atoms with Gasteiger partial charge < -0.3 is 23.8 Å². The lowest BCUT2D eigenvalue weighted by atomic mass is 9.97. The summed E-state index contributed by atoms with van der Waals surface area (Å²) in [5.74, 6) is 0.363. The van der Waals surface area contributed by atoms with E-state index in [1.807, 2.05) is 61.0 Å². The number of anilines is 1. The van der Waals surface area contributed by atoms with Gasteiger partial charge in [-0.3, -0.25) is 4.79 Å². The van der Waals surface area contributed by atoms with E-state index < -0.39 is 0 Å². The maximum Gasteiger partial charge on any atom is 0.250 e. The zero-order chi connectivity index (χ0) is 25.9. The first kappa shape index (κ1) is 25.0. The molecule has 7 nitrogen and oxygen atoms in total. The molecule has 2 aromatic carbocycles. The standard InChI is InChI=1S/C29H33FN4O3/c1-20-18-33(19-31-20)27-9-6-22(16-28(27)36-3)15-23-5-4-10-34(29(23)35)21(2)25-8-7-24(17-26(25)30)32-11-13-37-14-12-32/h6-9,15-19,21H,4-5,10-14H2,1-3H3/b23-15+/t21-/m0/s1. The number of piperidine rings is 1. The summed E-state index contributed by atoms with van der Waals surface area (Å²) in [6.45, 7) is 7.24. The largest absolute Gasteiger partial charge is 0.495 e. The number of hydrogen-bond acceptors (Lipinski definition) is 5. The monoisotopic (exact) mass is 504 g/mol. The highest BCUT2D eigenvalue weighted by molar-refractivity contribution is 5.98. The first-order valence-electron chi connectivity index (χ1n) is 12.8. The van der Waals surface area contributed by atoms with Crippen LogP contribution in [0.15, 0.2) is 54.5 Å². The van der Waals surface area contributed by atoms with Crippen molar-refractivity contribution in [2.24, 2.45) is 0 Å². The number of aromatic nitrogens is 2. The SMILES string of the molecule is COc1cc(/C=C2\CCCN([C@@H](C)c3ccc(N4CCOCC4)cc3F)C2=O)ccc1-n1cnc(C)c1. The summed E-state index contributed by atoms with van der Waals surface area (Å²) in [6, 6.07) is 10.8. The van der Waals surface area contributed by atoms with E-state index in [0.29, 0.717) is 37.5 Å². The third-order valence-corrected chi connectivity index (χ3v) is 7.19. The molecule has 0 radical (unpaired) electrons. The normalized spacial score (nSPS) is 18.4. The molecule has 1 amide bonds. The van der Waals surface area contributed by atoms with Gasteiger partial charge >= 0.3 is 0 Å². The lowest BCUT2D eigenvalue weighted by Gasteiger charge is -2.35. The Hall–Kier alpha value is -3.65. The molecule has 3 aromatic rings. The van der Waals surface area contributed by atoms with Crippen molar-refractivity contribution >= 4 is 17.7 Å². The molecular formula is C29H33FN4O3. The Kier molecular flexibility index (Phi) is 7.28. The number of halogens is 1. The van der Waals surface area contributed by atoms with E-state index in [1.54, 1.807) is 24.4 Å². The lowest BCUT2D eigenvalue weighted by molar-refractivity contribution is -0.130. The van der Waals surface area contributed by atoms with Crippen LogP contribution in [-0.2, 0) is 9.53 Å². The van der Waals surface area contributed by atoms with Crippen molar-refractivity contribution in [3.63, 3.8) is 0 Å². The van der Waals surface area contributed by atoms with Crippen molar-refractivity contribution in [3.8, 4) is 11.4 Å². The molecule has 0 unspecified atom stereocenters. The number of likely N-dealkylation sites (tertiary alicyclic amines) is 1. The van der Waals surface area contributed by atoms with Gasteiger partial charge in [-0.25, -0.2) is 9.37 Å². The number of ether oxygens (including phenoxy) is 2. The fourth-order valence-corrected chi connectivity index (χ4v) is 5.13. The molecule has 37 heavy (non-hydrogen) atoms. The molecular weight excluding hydrogens is 471 g/mol. The van der Waals surface area contributed by atoms with E-state index in [1.165, 1.54) is 0 Å². The van der Waals surface area contributed by atoms with E-state index in [4.69, 9.17) is 9.47 Å². The number of nitrogens with zero attached hydrogens (tertiary/aromatic N) is 4. The van der Waals surface area contributed by atoms with Crippen LogP contribution in [0.1, 0.15) is 42.6 Å².